The highest BCUT2D eigenvalue weighted by molar-refractivity contribution is 5.76. The molecule has 3 aromatic rings. The van der Waals surface area contributed by atoms with E-state index in [0.29, 0.717) is 17.8 Å². The van der Waals surface area contributed by atoms with Crippen LogP contribution in [0.15, 0.2) is 47.5 Å². The van der Waals surface area contributed by atoms with Gasteiger partial charge in [-0.1, -0.05) is 12.8 Å². The van der Waals surface area contributed by atoms with Crippen LogP contribution >= 0.6 is 0 Å². The van der Waals surface area contributed by atoms with E-state index >= 15 is 0 Å². The molecule has 0 radical (unpaired) electrons. The Morgan fingerprint density at radius 3 is 2.68 bits per heavy atom. The van der Waals surface area contributed by atoms with Gasteiger partial charge in [0, 0.05) is 24.0 Å². The molecule has 1 saturated carbocycles. The van der Waals surface area contributed by atoms with Gasteiger partial charge in [-0.15, -0.1) is 0 Å². The van der Waals surface area contributed by atoms with Gasteiger partial charge in [0.05, 0.1) is 12.3 Å². The monoisotopic (exact) mass is 380 g/mol. The van der Waals surface area contributed by atoms with Crippen LogP contribution in [0.5, 0.6) is 5.75 Å². The van der Waals surface area contributed by atoms with E-state index in [1.807, 2.05) is 31.2 Å². The average Bonchev–Trinajstić information content (AvgIpc) is 3.35. The smallest absolute Gasteiger partial charge is 0.277 e. The van der Waals surface area contributed by atoms with Crippen molar-refractivity contribution in [1.29, 1.82) is 0 Å². The van der Waals surface area contributed by atoms with Crippen molar-refractivity contribution >= 4 is 11.4 Å². The molecule has 2 heterocycles. The van der Waals surface area contributed by atoms with E-state index in [-0.39, 0.29) is 24.1 Å². The summed E-state index contributed by atoms with van der Waals surface area (Å²) in [7, 11) is 0. The SMILES string of the molecule is CCOc1ccc(-c2cc3c(=O)n(CC(=O)NC4CCCC4)ccn3n2)cc1. The van der Waals surface area contributed by atoms with Gasteiger partial charge in [0.15, 0.2) is 0 Å². The van der Waals surface area contributed by atoms with Crippen molar-refractivity contribution in [3.8, 4) is 17.0 Å². The Morgan fingerprint density at radius 2 is 1.96 bits per heavy atom. The second-order valence-corrected chi connectivity index (χ2v) is 7.10. The average molecular weight is 380 g/mol. The van der Waals surface area contributed by atoms with Gasteiger partial charge in [-0.2, -0.15) is 5.10 Å². The van der Waals surface area contributed by atoms with Crippen molar-refractivity contribution in [3.63, 3.8) is 0 Å². The third-order valence-corrected chi connectivity index (χ3v) is 5.10. The lowest BCUT2D eigenvalue weighted by Crippen LogP contribution is -2.37. The fraction of sp³-hybridized carbons (Fsp3) is 0.381. The molecular weight excluding hydrogens is 356 g/mol. The molecule has 4 rings (SSSR count). The van der Waals surface area contributed by atoms with Crippen molar-refractivity contribution in [1.82, 2.24) is 19.5 Å². The van der Waals surface area contributed by atoms with Crippen LogP contribution in [0.1, 0.15) is 32.6 Å². The predicted molar refractivity (Wildman–Crippen MR) is 106 cm³/mol. The number of benzene rings is 1. The maximum atomic E-state index is 12.8. The normalized spacial score (nSPS) is 14.5. The van der Waals surface area contributed by atoms with Crippen LogP contribution in [0, 0.1) is 0 Å². The van der Waals surface area contributed by atoms with Crippen molar-refractivity contribution < 1.29 is 9.53 Å². The lowest BCUT2D eigenvalue weighted by Gasteiger charge is -2.12. The molecule has 2 aromatic heterocycles. The standard InChI is InChI=1S/C21H24N4O3/c1-2-28-17-9-7-15(8-10-17)18-13-19-21(27)24(11-12-25(19)23-18)14-20(26)22-16-5-3-4-6-16/h7-13,16H,2-6,14H2,1H3,(H,22,26). The van der Waals surface area contributed by atoms with Gasteiger partial charge in [0.25, 0.3) is 5.56 Å². The highest BCUT2D eigenvalue weighted by Crippen LogP contribution is 2.22. The first-order valence-corrected chi connectivity index (χ1v) is 9.75. The number of carbonyl (C=O) groups is 1. The second kappa shape index (κ2) is 7.88. The van der Waals surface area contributed by atoms with Crippen LogP contribution in [-0.2, 0) is 11.3 Å². The van der Waals surface area contributed by atoms with Crippen LogP contribution in [0.4, 0.5) is 0 Å². The van der Waals surface area contributed by atoms with Crippen LogP contribution in [0.2, 0.25) is 0 Å². The van der Waals surface area contributed by atoms with E-state index in [1.54, 1.807) is 23.0 Å². The molecular formula is C21H24N4O3. The maximum Gasteiger partial charge on any atom is 0.277 e. The van der Waals surface area contributed by atoms with E-state index in [0.717, 1.165) is 37.0 Å². The molecule has 0 bridgehead atoms. The van der Waals surface area contributed by atoms with E-state index < -0.39 is 0 Å². The lowest BCUT2D eigenvalue weighted by molar-refractivity contribution is -0.122. The Kier molecular flexibility index (Phi) is 5.14. The van der Waals surface area contributed by atoms with E-state index in [2.05, 4.69) is 10.4 Å². The Morgan fingerprint density at radius 1 is 1.21 bits per heavy atom. The topological polar surface area (TPSA) is 77.6 Å². The Labute approximate surface area is 162 Å². The molecule has 0 aliphatic heterocycles. The largest absolute Gasteiger partial charge is 0.494 e. The van der Waals surface area contributed by atoms with E-state index in [1.165, 1.54) is 4.57 Å². The summed E-state index contributed by atoms with van der Waals surface area (Å²) in [6.45, 7) is 2.58. The Bertz CT molecular complexity index is 1030. The molecule has 1 fully saturated rings. The van der Waals surface area contributed by atoms with E-state index in [4.69, 9.17) is 4.74 Å². The molecule has 7 heteroatoms. The minimum absolute atomic E-state index is 0.0232. The predicted octanol–water partition coefficient (Wildman–Crippen LogP) is 2.62. The highest BCUT2D eigenvalue weighted by Gasteiger charge is 2.18. The summed E-state index contributed by atoms with van der Waals surface area (Å²) in [5.74, 6) is 0.676. The van der Waals surface area contributed by atoms with Crippen LogP contribution in [-0.4, -0.2) is 32.7 Å². The minimum atomic E-state index is -0.228. The van der Waals surface area contributed by atoms with Gasteiger partial charge in [0.2, 0.25) is 5.91 Å². The molecule has 0 atom stereocenters. The summed E-state index contributed by atoms with van der Waals surface area (Å²) >= 11 is 0. The maximum absolute atomic E-state index is 12.8. The first-order chi connectivity index (χ1) is 13.6. The fourth-order valence-corrected chi connectivity index (χ4v) is 3.68. The third-order valence-electron chi connectivity index (χ3n) is 5.10. The number of carbonyl (C=O) groups excluding carboxylic acids is 1. The number of nitrogens with zero attached hydrogens (tertiary/aromatic N) is 3. The molecule has 1 N–H and O–H groups in total. The number of rotatable bonds is 6. The number of hydrogen-bond acceptors (Lipinski definition) is 4. The summed E-state index contributed by atoms with van der Waals surface area (Å²) in [4.78, 5) is 25.1. The zero-order valence-electron chi connectivity index (χ0n) is 15.9. The molecule has 146 valence electrons. The van der Waals surface area contributed by atoms with Crippen molar-refractivity contribution in [2.75, 3.05) is 6.61 Å². The van der Waals surface area contributed by atoms with Crippen molar-refractivity contribution in [3.05, 3.63) is 53.1 Å². The Hall–Kier alpha value is -3.09. The fourth-order valence-electron chi connectivity index (χ4n) is 3.68. The summed E-state index contributed by atoms with van der Waals surface area (Å²) in [6, 6.07) is 9.60. The quantitative estimate of drug-likeness (QED) is 0.713. The van der Waals surface area contributed by atoms with E-state index in [9.17, 15) is 9.59 Å². The molecule has 0 saturated heterocycles. The van der Waals surface area contributed by atoms with Gasteiger partial charge >= 0.3 is 0 Å². The molecule has 1 aliphatic carbocycles. The summed E-state index contributed by atoms with van der Waals surface area (Å²) in [6.07, 6.45) is 7.67. The summed E-state index contributed by atoms with van der Waals surface area (Å²) in [5, 5.41) is 7.50. The molecule has 0 spiro atoms. The first kappa shape index (κ1) is 18.3. The van der Waals surface area contributed by atoms with Gasteiger partial charge in [-0.25, -0.2) is 4.52 Å². The number of aromatic nitrogens is 3. The minimum Gasteiger partial charge on any atom is -0.494 e. The molecule has 0 unspecified atom stereocenters. The number of nitrogens with one attached hydrogen (secondary N) is 1. The molecule has 1 aliphatic rings. The third kappa shape index (κ3) is 3.78. The highest BCUT2D eigenvalue weighted by atomic mass is 16.5. The Balaban J connectivity index is 1.55. The number of ether oxygens (including phenoxy) is 1. The van der Waals surface area contributed by atoms with Gasteiger partial charge in [-0.3, -0.25) is 9.59 Å². The van der Waals surface area contributed by atoms with Crippen LogP contribution < -0.4 is 15.6 Å². The first-order valence-electron chi connectivity index (χ1n) is 9.75. The van der Waals surface area contributed by atoms with Gasteiger partial charge in [0.1, 0.15) is 17.8 Å². The molecule has 1 amide bonds. The second-order valence-electron chi connectivity index (χ2n) is 7.10. The molecule has 1 aromatic carbocycles. The number of hydrogen-bond donors (Lipinski definition) is 1. The summed E-state index contributed by atoms with van der Waals surface area (Å²) < 4.78 is 8.45. The zero-order chi connectivity index (χ0) is 19.5. The summed E-state index contributed by atoms with van der Waals surface area (Å²) in [5.41, 5.74) is 1.82. The molecule has 7 nitrogen and oxygen atoms in total. The van der Waals surface area contributed by atoms with Crippen LogP contribution in [0.25, 0.3) is 16.8 Å². The van der Waals surface area contributed by atoms with Gasteiger partial charge in [-0.05, 0) is 50.1 Å². The lowest BCUT2D eigenvalue weighted by atomic mass is 10.1. The molecule has 28 heavy (non-hydrogen) atoms. The van der Waals surface area contributed by atoms with Crippen LogP contribution in [0.3, 0.4) is 0 Å². The van der Waals surface area contributed by atoms with Crippen molar-refractivity contribution in [2.45, 2.75) is 45.2 Å². The number of amides is 1. The van der Waals surface area contributed by atoms with Crippen molar-refractivity contribution in [2.24, 2.45) is 0 Å². The van der Waals surface area contributed by atoms with Gasteiger partial charge < -0.3 is 14.6 Å². The zero-order valence-corrected chi connectivity index (χ0v) is 15.9. The number of fused-ring (bicyclic) bond motifs is 1.